The van der Waals surface area contributed by atoms with E-state index in [9.17, 15) is 9.18 Å². The van der Waals surface area contributed by atoms with Crippen LogP contribution in [0.1, 0.15) is 29.4 Å². The molecule has 3 aromatic rings. The van der Waals surface area contributed by atoms with Gasteiger partial charge in [0.1, 0.15) is 17.4 Å². The van der Waals surface area contributed by atoms with Crippen LogP contribution in [-0.4, -0.2) is 73.6 Å². The molecule has 2 atom stereocenters. The van der Waals surface area contributed by atoms with E-state index in [4.69, 9.17) is 9.84 Å². The molecule has 1 amide bonds. The Morgan fingerprint density at radius 2 is 2.14 bits per heavy atom. The maximum Gasteiger partial charge on any atom is 0.251 e. The Morgan fingerprint density at radius 3 is 2.86 bits per heavy atom. The second-order valence-corrected chi connectivity index (χ2v) is 8.95. The molecule has 8 nitrogen and oxygen atoms in total. The number of hydrogen-bond donors (Lipinski definition) is 3. The Bertz CT molecular complexity index is 1360. The molecule has 2 heterocycles. The maximum absolute atomic E-state index is 14.7. The summed E-state index contributed by atoms with van der Waals surface area (Å²) in [5.74, 6) is 3.48. The summed E-state index contributed by atoms with van der Waals surface area (Å²) >= 11 is 0. The first-order valence-corrected chi connectivity index (χ1v) is 12.3. The summed E-state index contributed by atoms with van der Waals surface area (Å²) in [4.78, 5) is 13.9. The predicted molar refractivity (Wildman–Crippen MR) is 147 cm³/mol. The number of aromatic nitrogens is 2. The number of nitrogens with one attached hydrogen (secondary N) is 3. The van der Waals surface area contributed by atoms with Crippen LogP contribution in [-0.2, 0) is 0 Å². The van der Waals surface area contributed by atoms with Crippen molar-refractivity contribution in [1.82, 2.24) is 20.0 Å². The van der Waals surface area contributed by atoms with Gasteiger partial charge in [0.15, 0.2) is 0 Å². The third kappa shape index (κ3) is 5.87. The first-order valence-electron chi connectivity index (χ1n) is 12.3. The van der Waals surface area contributed by atoms with Gasteiger partial charge < -0.3 is 25.6 Å². The van der Waals surface area contributed by atoms with Crippen molar-refractivity contribution < 1.29 is 13.9 Å². The number of fused-ring (bicyclic) bond motifs is 1. The van der Waals surface area contributed by atoms with Crippen LogP contribution in [0.2, 0.25) is 0 Å². The predicted octanol–water partition coefficient (Wildman–Crippen LogP) is 3.81. The maximum atomic E-state index is 14.7. The van der Waals surface area contributed by atoms with Gasteiger partial charge in [0.05, 0.1) is 36.8 Å². The van der Waals surface area contributed by atoms with Crippen LogP contribution >= 0.6 is 0 Å². The van der Waals surface area contributed by atoms with Crippen LogP contribution in [0.15, 0.2) is 42.5 Å². The van der Waals surface area contributed by atoms with E-state index in [2.05, 4.69) is 27.9 Å². The Balaban J connectivity index is 1.55. The molecule has 9 heteroatoms. The van der Waals surface area contributed by atoms with E-state index in [1.54, 1.807) is 37.0 Å². The molecule has 0 aliphatic carbocycles. The lowest BCUT2D eigenvalue weighted by Crippen LogP contribution is -2.46. The molecule has 3 N–H and O–H groups in total. The number of carbonyl (C=O) groups is 1. The number of amides is 1. The largest absolute Gasteiger partial charge is 0.495 e. The van der Waals surface area contributed by atoms with Crippen molar-refractivity contribution in [2.75, 3.05) is 51.5 Å². The third-order valence-electron chi connectivity index (χ3n) is 6.39. The van der Waals surface area contributed by atoms with E-state index < -0.39 is 6.17 Å². The van der Waals surface area contributed by atoms with Gasteiger partial charge in [-0.25, -0.2) is 4.39 Å². The normalized spacial score (nSPS) is 17.9. The molecule has 0 spiro atoms. The zero-order valence-electron chi connectivity index (χ0n) is 21.6. The summed E-state index contributed by atoms with van der Waals surface area (Å²) in [6.45, 7) is 3.56. The Morgan fingerprint density at radius 1 is 1.30 bits per heavy atom. The number of rotatable bonds is 7. The van der Waals surface area contributed by atoms with Gasteiger partial charge in [0.25, 0.3) is 5.91 Å². The summed E-state index contributed by atoms with van der Waals surface area (Å²) in [6.07, 6.45) is 3.70. The molecule has 37 heavy (non-hydrogen) atoms. The lowest BCUT2D eigenvalue weighted by atomic mass is 10.0. The Hall–Kier alpha value is -4.03. The van der Waals surface area contributed by atoms with Crippen molar-refractivity contribution in [3.05, 3.63) is 53.7 Å². The van der Waals surface area contributed by atoms with Crippen LogP contribution < -0.4 is 20.7 Å². The molecule has 194 valence electrons. The van der Waals surface area contributed by atoms with Crippen LogP contribution in [0.4, 0.5) is 15.8 Å². The molecule has 1 aliphatic rings. The average Bonchev–Trinajstić information content (AvgIpc) is 3.26. The number of halogens is 1. The molecule has 1 aliphatic heterocycles. The quantitative estimate of drug-likeness (QED) is 0.425. The second kappa shape index (κ2) is 11.8. The highest BCUT2D eigenvalue weighted by atomic mass is 19.1. The van der Waals surface area contributed by atoms with Gasteiger partial charge in [-0.05, 0) is 50.7 Å². The van der Waals surface area contributed by atoms with E-state index in [-0.39, 0.29) is 11.9 Å². The minimum atomic E-state index is -0.945. The number of benzene rings is 2. The standard InChI is InChI=1S/C28H33FN6O2/c1-5-8-25-20-9-6-10-24(32-22-13-16-34(3)18-21(22)29)27(20)33-35(25)15-7-14-31-23-12-11-19(28(36)30-2)17-26(23)37-4/h5-6,8-12,17,21-22,31-32H,13-14,16,18H2,1-4H3,(H,30,36)/b8-5+/t21-,22+/m0/s1. The number of ether oxygens (including phenoxy) is 1. The van der Waals surface area contributed by atoms with E-state index in [0.29, 0.717) is 24.4 Å². The third-order valence-corrected chi connectivity index (χ3v) is 6.39. The van der Waals surface area contributed by atoms with E-state index in [0.717, 1.165) is 40.9 Å². The lowest BCUT2D eigenvalue weighted by molar-refractivity contribution is 0.0962. The molecule has 2 aromatic carbocycles. The van der Waals surface area contributed by atoms with Crippen molar-refractivity contribution in [3.8, 4) is 17.7 Å². The summed E-state index contributed by atoms with van der Waals surface area (Å²) in [7, 11) is 5.08. The topological polar surface area (TPSA) is 83.5 Å². The molecule has 1 aromatic heterocycles. The van der Waals surface area contributed by atoms with E-state index in [1.165, 1.54) is 0 Å². The Labute approximate surface area is 216 Å². The fourth-order valence-electron chi connectivity index (χ4n) is 4.44. The van der Waals surface area contributed by atoms with Gasteiger partial charge in [-0.3, -0.25) is 4.79 Å². The fourth-order valence-corrected chi connectivity index (χ4v) is 4.44. The number of likely N-dealkylation sites (tertiary alicyclic amines) is 1. The molecule has 0 unspecified atom stereocenters. The highest BCUT2D eigenvalue weighted by molar-refractivity contribution is 5.96. The van der Waals surface area contributed by atoms with Crippen molar-refractivity contribution in [3.63, 3.8) is 0 Å². The minimum Gasteiger partial charge on any atom is -0.495 e. The molecule has 0 radical (unpaired) electrons. The van der Waals surface area contributed by atoms with Gasteiger partial charge in [0.2, 0.25) is 0 Å². The summed E-state index contributed by atoms with van der Waals surface area (Å²) < 4.78 is 21.7. The van der Waals surface area contributed by atoms with Gasteiger partial charge in [0, 0.05) is 37.1 Å². The minimum absolute atomic E-state index is 0.182. The number of piperidine rings is 1. The van der Waals surface area contributed by atoms with Gasteiger partial charge in [-0.1, -0.05) is 24.1 Å². The van der Waals surface area contributed by atoms with Crippen LogP contribution in [0.25, 0.3) is 17.0 Å². The lowest BCUT2D eigenvalue weighted by Gasteiger charge is -2.33. The second-order valence-electron chi connectivity index (χ2n) is 8.95. The number of nitrogens with zero attached hydrogens (tertiary/aromatic N) is 3. The smallest absolute Gasteiger partial charge is 0.251 e. The number of methoxy groups -OCH3 is 1. The summed E-state index contributed by atoms with van der Waals surface area (Å²) in [5, 5.41) is 14.9. The van der Waals surface area contributed by atoms with Gasteiger partial charge >= 0.3 is 0 Å². The zero-order valence-corrected chi connectivity index (χ0v) is 21.6. The highest BCUT2D eigenvalue weighted by Crippen LogP contribution is 2.29. The first-order chi connectivity index (χ1) is 17.9. The van der Waals surface area contributed by atoms with Gasteiger partial charge in [-0.15, -0.1) is 0 Å². The monoisotopic (exact) mass is 504 g/mol. The molecule has 4 rings (SSSR count). The van der Waals surface area contributed by atoms with Crippen molar-refractivity contribution in [2.24, 2.45) is 0 Å². The number of anilines is 2. The van der Waals surface area contributed by atoms with E-state index >= 15 is 0 Å². The average molecular weight is 505 g/mol. The fraction of sp³-hybridized carbons (Fsp3) is 0.357. The van der Waals surface area contributed by atoms with Gasteiger partial charge in [-0.2, -0.15) is 9.78 Å². The molecule has 0 bridgehead atoms. The molecule has 0 saturated carbocycles. The van der Waals surface area contributed by atoms with E-state index in [1.807, 2.05) is 49.2 Å². The zero-order chi connectivity index (χ0) is 26.4. The number of alkyl halides is 1. The number of hydrogen-bond acceptors (Lipinski definition) is 6. The molecular formula is C28H33FN6O2. The molecular weight excluding hydrogens is 471 g/mol. The van der Waals surface area contributed by atoms with Crippen LogP contribution in [0, 0.1) is 12.0 Å². The number of carbonyl (C=O) groups excluding carboxylic acids is 1. The van der Waals surface area contributed by atoms with Crippen LogP contribution in [0.5, 0.6) is 5.75 Å². The highest BCUT2D eigenvalue weighted by Gasteiger charge is 2.28. The summed E-state index contributed by atoms with van der Waals surface area (Å²) in [6, 6.07) is 13.9. The molecule has 1 saturated heterocycles. The van der Waals surface area contributed by atoms with Crippen molar-refractivity contribution in [1.29, 1.82) is 0 Å². The van der Waals surface area contributed by atoms with Crippen molar-refractivity contribution >= 4 is 34.3 Å². The molecule has 1 fully saturated rings. The van der Waals surface area contributed by atoms with Crippen molar-refractivity contribution in [2.45, 2.75) is 25.6 Å². The SMILES string of the molecule is C/C=C/c1c2cccc(N[C@@H]3CCN(C)C[C@@H]3F)c2nn1C#CCNc1ccc(C(=O)NC)cc1OC. The van der Waals surface area contributed by atoms with Crippen LogP contribution in [0.3, 0.4) is 0 Å². The Kier molecular flexibility index (Phi) is 8.31. The summed E-state index contributed by atoms with van der Waals surface area (Å²) in [5.41, 5.74) is 3.67. The number of allylic oxidation sites excluding steroid dienone is 1. The first kappa shape index (κ1) is 26.0.